The van der Waals surface area contributed by atoms with Crippen molar-refractivity contribution < 1.29 is 14.7 Å². The molecule has 0 saturated carbocycles. The molecular formula is C14H10BrClN2O3. The Labute approximate surface area is 134 Å². The van der Waals surface area contributed by atoms with Gasteiger partial charge in [0.25, 0.3) is 0 Å². The molecule has 21 heavy (non-hydrogen) atoms. The van der Waals surface area contributed by atoms with E-state index >= 15 is 0 Å². The molecule has 108 valence electrons. The number of nitrogens with one attached hydrogen (secondary N) is 2. The predicted octanol–water partition coefficient (Wildman–Crippen LogP) is 4.44. The fraction of sp³-hybridized carbons (Fsp3) is 0. The van der Waals surface area contributed by atoms with Gasteiger partial charge >= 0.3 is 12.0 Å². The van der Waals surface area contributed by atoms with Crippen molar-refractivity contribution in [1.82, 2.24) is 0 Å². The maximum Gasteiger partial charge on any atom is 0.337 e. The standard InChI is InChI=1S/C14H10BrClN2O3/c15-8-2-1-3-9(6-8)17-14(21)18-10-4-5-12(16)11(7-10)13(19)20/h1-7H,(H,19,20)(H2,17,18,21). The van der Waals surface area contributed by atoms with E-state index in [-0.39, 0.29) is 10.6 Å². The third-order valence-electron chi connectivity index (χ3n) is 2.54. The Morgan fingerprint density at radius 3 is 2.33 bits per heavy atom. The van der Waals surface area contributed by atoms with Gasteiger partial charge in [-0.15, -0.1) is 0 Å². The highest BCUT2D eigenvalue weighted by Crippen LogP contribution is 2.21. The Bertz CT molecular complexity index is 706. The van der Waals surface area contributed by atoms with Crippen LogP contribution in [0.25, 0.3) is 0 Å². The van der Waals surface area contributed by atoms with Gasteiger partial charge < -0.3 is 15.7 Å². The Kier molecular flexibility index (Phi) is 4.82. The van der Waals surface area contributed by atoms with E-state index in [0.29, 0.717) is 11.4 Å². The summed E-state index contributed by atoms with van der Waals surface area (Å²) in [5, 5.41) is 14.3. The summed E-state index contributed by atoms with van der Waals surface area (Å²) in [6.07, 6.45) is 0. The molecule has 7 heteroatoms. The third-order valence-corrected chi connectivity index (χ3v) is 3.36. The lowest BCUT2D eigenvalue weighted by Crippen LogP contribution is -2.19. The summed E-state index contributed by atoms with van der Waals surface area (Å²) in [4.78, 5) is 22.8. The Morgan fingerprint density at radius 1 is 1.05 bits per heavy atom. The van der Waals surface area contributed by atoms with Gasteiger partial charge in [-0.2, -0.15) is 0 Å². The number of hydrogen-bond acceptors (Lipinski definition) is 2. The van der Waals surface area contributed by atoms with E-state index in [0.717, 1.165) is 4.47 Å². The van der Waals surface area contributed by atoms with Gasteiger partial charge in [0.1, 0.15) is 0 Å². The van der Waals surface area contributed by atoms with Crippen LogP contribution in [0.4, 0.5) is 16.2 Å². The summed E-state index contributed by atoms with van der Waals surface area (Å²) in [6, 6.07) is 10.8. The monoisotopic (exact) mass is 368 g/mol. The number of benzene rings is 2. The zero-order valence-corrected chi connectivity index (χ0v) is 12.9. The summed E-state index contributed by atoms with van der Waals surface area (Å²) >= 11 is 9.06. The number of rotatable bonds is 3. The predicted molar refractivity (Wildman–Crippen MR) is 85.2 cm³/mol. The molecule has 0 unspecified atom stereocenters. The van der Waals surface area contributed by atoms with Crippen LogP contribution >= 0.6 is 27.5 Å². The van der Waals surface area contributed by atoms with E-state index < -0.39 is 12.0 Å². The maximum absolute atomic E-state index is 11.8. The quantitative estimate of drug-likeness (QED) is 0.748. The molecule has 0 atom stereocenters. The normalized spacial score (nSPS) is 10.0. The number of hydrogen-bond donors (Lipinski definition) is 3. The molecule has 2 aromatic carbocycles. The highest BCUT2D eigenvalue weighted by atomic mass is 79.9. The van der Waals surface area contributed by atoms with Gasteiger partial charge in [0, 0.05) is 15.8 Å². The topological polar surface area (TPSA) is 78.4 Å². The van der Waals surface area contributed by atoms with Crippen LogP contribution in [-0.4, -0.2) is 17.1 Å². The van der Waals surface area contributed by atoms with Crippen molar-refractivity contribution in [3.05, 3.63) is 57.5 Å². The number of anilines is 2. The lowest BCUT2D eigenvalue weighted by atomic mass is 10.2. The summed E-state index contributed by atoms with van der Waals surface area (Å²) in [6.45, 7) is 0. The molecule has 0 radical (unpaired) electrons. The van der Waals surface area contributed by atoms with Crippen molar-refractivity contribution in [2.24, 2.45) is 0 Å². The molecule has 2 rings (SSSR count). The average Bonchev–Trinajstić information content (AvgIpc) is 2.40. The van der Waals surface area contributed by atoms with E-state index in [1.165, 1.54) is 18.2 Å². The van der Waals surface area contributed by atoms with Crippen LogP contribution < -0.4 is 10.6 Å². The first kappa shape index (κ1) is 15.3. The van der Waals surface area contributed by atoms with E-state index in [2.05, 4.69) is 26.6 Å². The summed E-state index contributed by atoms with van der Waals surface area (Å²) in [7, 11) is 0. The van der Waals surface area contributed by atoms with Crippen molar-refractivity contribution in [2.75, 3.05) is 10.6 Å². The molecule has 3 N–H and O–H groups in total. The van der Waals surface area contributed by atoms with E-state index in [1.54, 1.807) is 18.2 Å². The molecule has 5 nitrogen and oxygen atoms in total. The second-order valence-electron chi connectivity index (χ2n) is 4.09. The molecule has 0 spiro atoms. The number of carbonyl (C=O) groups excluding carboxylic acids is 1. The second-order valence-corrected chi connectivity index (χ2v) is 5.41. The van der Waals surface area contributed by atoms with Gasteiger partial charge in [-0.05, 0) is 36.4 Å². The highest BCUT2D eigenvalue weighted by molar-refractivity contribution is 9.10. The Hall–Kier alpha value is -2.05. The van der Waals surface area contributed by atoms with Gasteiger partial charge in [-0.3, -0.25) is 0 Å². The first-order chi connectivity index (χ1) is 9.95. The van der Waals surface area contributed by atoms with E-state index in [1.807, 2.05) is 6.07 Å². The molecule has 0 aromatic heterocycles. The number of halogens is 2. The van der Waals surface area contributed by atoms with Crippen molar-refractivity contribution >= 4 is 50.9 Å². The molecule has 2 aromatic rings. The van der Waals surface area contributed by atoms with E-state index in [4.69, 9.17) is 16.7 Å². The van der Waals surface area contributed by atoms with Gasteiger partial charge in [0.15, 0.2) is 0 Å². The minimum absolute atomic E-state index is 0.0723. The number of urea groups is 1. The number of carbonyl (C=O) groups is 2. The maximum atomic E-state index is 11.8. The van der Waals surface area contributed by atoms with Gasteiger partial charge in [0.05, 0.1) is 10.6 Å². The summed E-state index contributed by atoms with van der Waals surface area (Å²) < 4.78 is 0.833. The zero-order chi connectivity index (χ0) is 15.4. The molecule has 0 bridgehead atoms. The second kappa shape index (κ2) is 6.60. The van der Waals surface area contributed by atoms with Crippen LogP contribution in [0.15, 0.2) is 46.9 Å². The first-order valence-electron chi connectivity index (χ1n) is 5.82. The molecule has 2 amide bonds. The number of amides is 2. The van der Waals surface area contributed by atoms with Gasteiger partial charge in [0.2, 0.25) is 0 Å². The van der Waals surface area contributed by atoms with Gasteiger partial charge in [-0.25, -0.2) is 9.59 Å². The molecule has 0 fully saturated rings. The summed E-state index contributed by atoms with van der Waals surface area (Å²) in [5.74, 6) is -1.16. The van der Waals surface area contributed by atoms with Crippen LogP contribution in [0.3, 0.4) is 0 Å². The molecular weight excluding hydrogens is 360 g/mol. The largest absolute Gasteiger partial charge is 0.478 e. The van der Waals surface area contributed by atoms with Gasteiger partial charge in [-0.1, -0.05) is 33.6 Å². The van der Waals surface area contributed by atoms with Crippen LogP contribution in [0.5, 0.6) is 0 Å². The third kappa shape index (κ3) is 4.21. The average molecular weight is 370 g/mol. The van der Waals surface area contributed by atoms with Crippen LogP contribution in [0, 0.1) is 0 Å². The number of aromatic carboxylic acids is 1. The van der Waals surface area contributed by atoms with Crippen LogP contribution in [-0.2, 0) is 0 Å². The van der Waals surface area contributed by atoms with Crippen LogP contribution in [0.1, 0.15) is 10.4 Å². The Balaban J connectivity index is 2.09. The van der Waals surface area contributed by atoms with E-state index in [9.17, 15) is 9.59 Å². The lowest BCUT2D eigenvalue weighted by molar-refractivity contribution is 0.0697. The molecule has 0 heterocycles. The van der Waals surface area contributed by atoms with Crippen LogP contribution in [0.2, 0.25) is 5.02 Å². The SMILES string of the molecule is O=C(Nc1cccc(Br)c1)Nc1ccc(Cl)c(C(=O)O)c1. The fourth-order valence-corrected chi connectivity index (χ4v) is 2.22. The highest BCUT2D eigenvalue weighted by Gasteiger charge is 2.11. The number of carboxylic acid groups (broad SMARTS) is 1. The zero-order valence-electron chi connectivity index (χ0n) is 10.6. The van der Waals surface area contributed by atoms with Crippen molar-refractivity contribution in [1.29, 1.82) is 0 Å². The van der Waals surface area contributed by atoms with Crippen molar-refractivity contribution in [2.45, 2.75) is 0 Å². The lowest BCUT2D eigenvalue weighted by Gasteiger charge is -2.09. The van der Waals surface area contributed by atoms with Crippen molar-refractivity contribution in [3.63, 3.8) is 0 Å². The summed E-state index contributed by atoms with van der Waals surface area (Å²) in [5.41, 5.74) is 0.871. The van der Waals surface area contributed by atoms with Crippen molar-refractivity contribution in [3.8, 4) is 0 Å². The fourth-order valence-electron chi connectivity index (χ4n) is 1.63. The minimum Gasteiger partial charge on any atom is -0.478 e. The smallest absolute Gasteiger partial charge is 0.337 e. The molecule has 0 saturated heterocycles. The Morgan fingerprint density at radius 2 is 1.71 bits per heavy atom. The first-order valence-corrected chi connectivity index (χ1v) is 6.99. The molecule has 0 aliphatic heterocycles. The molecule has 0 aliphatic rings. The molecule has 0 aliphatic carbocycles. The number of carboxylic acids is 1. The minimum atomic E-state index is -1.16.